The maximum Gasteiger partial charge on any atom is 0.274 e. The quantitative estimate of drug-likeness (QED) is 0.833. The van der Waals surface area contributed by atoms with Crippen LogP contribution < -0.4 is 5.32 Å². The summed E-state index contributed by atoms with van der Waals surface area (Å²) in [6, 6.07) is 0. The molecule has 1 aromatic rings. The number of carbonyl (C=O) groups excluding carboxylic acids is 2. The highest BCUT2D eigenvalue weighted by Gasteiger charge is 2.54. The van der Waals surface area contributed by atoms with Gasteiger partial charge in [0.05, 0.1) is 19.3 Å². The average Bonchev–Trinajstić information content (AvgIpc) is 3.30. The largest absolute Gasteiger partial charge is 0.371 e. The van der Waals surface area contributed by atoms with Crippen molar-refractivity contribution in [3.63, 3.8) is 0 Å². The second-order valence-electron chi connectivity index (χ2n) is 7.44. The van der Waals surface area contributed by atoms with Crippen molar-refractivity contribution in [2.24, 2.45) is 11.8 Å². The van der Waals surface area contributed by atoms with E-state index < -0.39 is 0 Å². The lowest BCUT2D eigenvalue weighted by atomic mass is 9.78. The molecule has 7 nitrogen and oxygen atoms in total. The number of nitrogens with zero attached hydrogens (tertiary/aromatic N) is 3. The van der Waals surface area contributed by atoms with Gasteiger partial charge in [0.25, 0.3) is 5.91 Å². The highest BCUT2D eigenvalue weighted by molar-refractivity contribution is 5.92. The Bertz CT molecular complexity index is 641. The summed E-state index contributed by atoms with van der Waals surface area (Å²) in [6.07, 6.45) is 9.55. The molecule has 3 aliphatic rings. The number of likely N-dealkylation sites (tertiary alicyclic amines) is 1. The summed E-state index contributed by atoms with van der Waals surface area (Å²) in [5.74, 6) is 1.09. The van der Waals surface area contributed by atoms with Crippen LogP contribution in [0.25, 0.3) is 0 Å². The van der Waals surface area contributed by atoms with E-state index in [1.807, 2.05) is 0 Å². The Morgan fingerprint density at radius 3 is 2.84 bits per heavy atom. The van der Waals surface area contributed by atoms with E-state index in [0.29, 0.717) is 43.6 Å². The number of aromatic nitrogens is 2. The Labute approximate surface area is 147 Å². The summed E-state index contributed by atoms with van der Waals surface area (Å²) in [5, 5.41) is 3.03. The summed E-state index contributed by atoms with van der Waals surface area (Å²) >= 11 is 0. The first kappa shape index (κ1) is 16.4. The van der Waals surface area contributed by atoms with Crippen LogP contribution in [0.2, 0.25) is 0 Å². The number of ether oxygens (including phenoxy) is 1. The minimum atomic E-state index is -0.237. The molecule has 1 aromatic heterocycles. The Kier molecular flexibility index (Phi) is 4.41. The van der Waals surface area contributed by atoms with Crippen LogP contribution in [0.1, 0.15) is 42.6 Å². The maximum atomic E-state index is 12.4. The van der Waals surface area contributed by atoms with Gasteiger partial charge in [0, 0.05) is 32.0 Å². The Hall–Kier alpha value is -2.02. The molecule has 134 valence electrons. The zero-order valence-corrected chi connectivity index (χ0v) is 14.3. The van der Waals surface area contributed by atoms with Gasteiger partial charge in [-0.15, -0.1) is 0 Å². The number of rotatable bonds is 6. The first-order chi connectivity index (χ1) is 12.2. The number of hydrogen-bond donors (Lipinski definition) is 1. The van der Waals surface area contributed by atoms with E-state index in [0.717, 1.165) is 19.4 Å². The van der Waals surface area contributed by atoms with Crippen molar-refractivity contribution in [2.75, 3.05) is 26.2 Å². The van der Waals surface area contributed by atoms with Crippen molar-refractivity contribution in [2.45, 2.75) is 37.7 Å². The van der Waals surface area contributed by atoms with Gasteiger partial charge in [-0.05, 0) is 37.5 Å². The van der Waals surface area contributed by atoms with Gasteiger partial charge in [-0.2, -0.15) is 0 Å². The van der Waals surface area contributed by atoms with Gasteiger partial charge in [-0.1, -0.05) is 0 Å². The molecule has 2 aliphatic heterocycles. The molecule has 1 aliphatic carbocycles. The molecule has 25 heavy (non-hydrogen) atoms. The van der Waals surface area contributed by atoms with Crippen molar-refractivity contribution >= 4 is 11.8 Å². The van der Waals surface area contributed by atoms with Crippen LogP contribution in [0.4, 0.5) is 0 Å². The predicted octanol–water partition coefficient (Wildman–Crippen LogP) is 1.01. The molecule has 1 N–H and O–H groups in total. The summed E-state index contributed by atoms with van der Waals surface area (Å²) in [7, 11) is 0. The summed E-state index contributed by atoms with van der Waals surface area (Å²) in [5.41, 5.74) is 0.137. The number of nitrogens with one attached hydrogen (secondary N) is 1. The topological polar surface area (TPSA) is 84.4 Å². The Morgan fingerprint density at radius 1 is 1.28 bits per heavy atom. The summed E-state index contributed by atoms with van der Waals surface area (Å²) in [6.45, 7) is 2.62. The van der Waals surface area contributed by atoms with Crippen molar-refractivity contribution in [1.29, 1.82) is 0 Å². The average molecular weight is 344 g/mol. The van der Waals surface area contributed by atoms with E-state index in [-0.39, 0.29) is 17.4 Å². The Morgan fingerprint density at radius 2 is 2.12 bits per heavy atom. The van der Waals surface area contributed by atoms with Gasteiger partial charge in [0.15, 0.2) is 0 Å². The van der Waals surface area contributed by atoms with Gasteiger partial charge in [-0.25, -0.2) is 4.98 Å². The predicted molar refractivity (Wildman–Crippen MR) is 89.7 cm³/mol. The van der Waals surface area contributed by atoms with Gasteiger partial charge < -0.3 is 15.0 Å². The molecule has 2 saturated heterocycles. The fraction of sp³-hybridized carbons (Fsp3) is 0.667. The van der Waals surface area contributed by atoms with E-state index in [4.69, 9.17) is 4.74 Å². The van der Waals surface area contributed by atoms with Gasteiger partial charge in [0.2, 0.25) is 5.91 Å². The molecule has 0 bridgehead atoms. The molecule has 0 aromatic carbocycles. The van der Waals surface area contributed by atoms with Crippen LogP contribution in [-0.4, -0.2) is 58.5 Å². The Balaban J connectivity index is 1.26. The van der Waals surface area contributed by atoms with Crippen molar-refractivity contribution in [3.8, 4) is 0 Å². The van der Waals surface area contributed by atoms with E-state index in [1.165, 1.54) is 25.2 Å². The zero-order valence-electron chi connectivity index (χ0n) is 14.3. The third-order valence-corrected chi connectivity index (χ3v) is 5.57. The lowest BCUT2D eigenvalue weighted by Crippen LogP contribution is -2.66. The third kappa shape index (κ3) is 3.51. The molecule has 7 heteroatoms. The molecule has 1 atom stereocenters. The molecule has 4 rings (SSSR count). The summed E-state index contributed by atoms with van der Waals surface area (Å²) in [4.78, 5) is 34.0. The highest BCUT2D eigenvalue weighted by atomic mass is 16.5. The first-order valence-electron chi connectivity index (χ1n) is 9.12. The minimum absolute atomic E-state index is 0.0919. The van der Waals surface area contributed by atoms with Crippen LogP contribution in [0.3, 0.4) is 0 Å². The molecular weight excluding hydrogens is 320 g/mol. The molecule has 3 fully saturated rings. The normalized spacial score (nSPS) is 24.2. The smallest absolute Gasteiger partial charge is 0.274 e. The molecule has 0 radical (unpaired) electrons. The molecule has 2 amide bonds. The molecule has 3 heterocycles. The van der Waals surface area contributed by atoms with Gasteiger partial charge >= 0.3 is 0 Å². The molecule has 1 spiro atoms. The minimum Gasteiger partial charge on any atom is -0.371 e. The van der Waals surface area contributed by atoms with Crippen LogP contribution in [0, 0.1) is 11.8 Å². The fourth-order valence-electron chi connectivity index (χ4n) is 3.90. The van der Waals surface area contributed by atoms with E-state index in [9.17, 15) is 9.59 Å². The molecule has 1 saturated carbocycles. The fourth-order valence-corrected chi connectivity index (χ4v) is 3.90. The van der Waals surface area contributed by atoms with Crippen LogP contribution >= 0.6 is 0 Å². The standard InChI is InChI=1S/C18H24N4O3/c23-16(9-13-1-2-13)21-5-3-14-4-8-25-18(14)11-22(12-18)17(24)15-10-19-6-7-20-15/h6-7,10,13-14H,1-5,8-9,11-12H2,(H,21,23)/t14-/m0/s1. The number of amides is 2. The van der Waals surface area contributed by atoms with E-state index in [2.05, 4.69) is 15.3 Å². The second-order valence-corrected chi connectivity index (χ2v) is 7.44. The van der Waals surface area contributed by atoms with Crippen LogP contribution in [-0.2, 0) is 9.53 Å². The molecule has 0 unspecified atom stereocenters. The van der Waals surface area contributed by atoms with Crippen molar-refractivity contribution in [1.82, 2.24) is 20.2 Å². The van der Waals surface area contributed by atoms with Crippen LogP contribution in [0.5, 0.6) is 0 Å². The maximum absolute atomic E-state index is 12.4. The van der Waals surface area contributed by atoms with E-state index in [1.54, 1.807) is 11.1 Å². The lowest BCUT2D eigenvalue weighted by molar-refractivity contribution is -0.123. The SMILES string of the molecule is O=C(CC1CC1)NCC[C@H]1CCOC12CN(C(=O)c1cnccn1)C2. The third-order valence-electron chi connectivity index (χ3n) is 5.57. The number of carbonyl (C=O) groups is 2. The molecular formula is C18H24N4O3. The zero-order chi connectivity index (χ0) is 17.3. The first-order valence-corrected chi connectivity index (χ1v) is 9.12. The van der Waals surface area contributed by atoms with Crippen molar-refractivity contribution < 1.29 is 14.3 Å². The lowest BCUT2D eigenvalue weighted by Gasteiger charge is -2.50. The summed E-state index contributed by atoms with van der Waals surface area (Å²) < 4.78 is 5.99. The van der Waals surface area contributed by atoms with Crippen LogP contribution in [0.15, 0.2) is 18.6 Å². The highest BCUT2D eigenvalue weighted by Crippen LogP contribution is 2.42. The van der Waals surface area contributed by atoms with Gasteiger partial charge in [-0.3, -0.25) is 14.6 Å². The monoisotopic (exact) mass is 344 g/mol. The second kappa shape index (κ2) is 6.71. The number of hydrogen-bond acceptors (Lipinski definition) is 5. The van der Waals surface area contributed by atoms with Gasteiger partial charge in [0.1, 0.15) is 11.3 Å². The van der Waals surface area contributed by atoms with E-state index >= 15 is 0 Å². The van der Waals surface area contributed by atoms with Crippen molar-refractivity contribution in [3.05, 3.63) is 24.3 Å².